The van der Waals surface area contributed by atoms with E-state index in [0.29, 0.717) is 19.1 Å². The number of ether oxygens (including phenoxy) is 1. The van der Waals surface area contributed by atoms with Crippen molar-refractivity contribution >= 4 is 30.5 Å². The molecule has 0 radical (unpaired) electrons. The van der Waals surface area contributed by atoms with Crippen molar-refractivity contribution in [3.8, 4) is 5.75 Å². The molecule has 1 saturated carbocycles. The molecule has 4 rings (SSSR count). The van der Waals surface area contributed by atoms with Crippen molar-refractivity contribution in [3.05, 3.63) is 54.1 Å². The van der Waals surface area contributed by atoms with Crippen LogP contribution in [0.25, 0.3) is 0 Å². The number of unbranched alkanes of at least 4 members (excludes halogenated alkanes) is 3. The van der Waals surface area contributed by atoms with Crippen LogP contribution in [0.2, 0.25) is 0 Å². The molecule has 1 heterocycles. The summed E-state index contributed by atoms with van der Waals surface area (Å²) in [7, 11) is 0. The number of carbonyl (C=O) groups is 1. The Bertz CT molecular complexity index is 924. The molecule has 2 fully saturated rings. The van der Waals surface area contributed by atoms with Crippen LogP contribution >= 0.6 is 12.8 Å². The van der Waals surface area contributed by atoms with Crippen molar-refractivity contribution in [3.63, 3.8) is 0 Å². The average Bonchev–Trinajstić information content (AvgIpc) is 2.95. The first-order valence-electron chi connectivity index (χ1n) is 13.9. The van der Waals surface area contributed by atoms with Crippen molar-refractivity contribution in [2.75, 3.05) is 37.1 Å². The second-order valence-electron chi connectivity index (χ2n) is 10.3. The first kappa shape index (κ1) is 27.0. The molecule has 36 heavy (non-hydrogen) atoms. The Hall–Kier alpha value is -2.02. The second-order valence-corrected chi connectivity index (χ2v) is 10.7. The first-order chi connectivity index (χ1) is 17.7. The van der Waals surface area contributed by atoms with Gasteiger partial charge in [0.05, 0.1) is 18.0 Å². The van der Waals surface area contributed by atoms with Crippen molar-refractivity contribution < 1.29 is 9.53 Å². The summed E-state index contributed by atoms with van der Waals surface area (Å²) >= 11 is 4.78. The Morgan fingerprint density at radius 3 is 2.44 bits per heavy atom. The fourth-order valence-electron chi connectivity index (χ4n) is 5.59. The lowest BCUT2D eigenvalue weighted by atomic mass is 9.93. The quantitative estimate of drug-likeness (QED) is 0.193. The summed E-state index contributed by atoms with van der Waals surface area (Å²) in [4.78, 5) is 15.8. The Balaban J connectivity index is 1.27. The Morgan fingerprint density at radius 1 is 0.972 bits per heavy atom. The maximum absolute atomic E-state index is 10.4. The molecule has 2 aromatic carbocycles. The highest BCUT2D eigenvalue weighted by Crippen LogP contribution is 2.32. The molecule has 1 aliphatic heterocycles. The van der Waals surface area contributed by atoms with Crippen LogP contribution in [-0.4, -0.2) is 54.9 Å². The van der Waals surface area contributed by atoms with Crippen LogP contribution in [0.15, 0.2) is 48.5 Å². The van der Waals surface area contributed by atoms with Crippen molar-refractivity contribution in [1.82, 2.24) is 9.80 Å². The first-order valence-corrected chi connectivity index (χ1v) is 14.3. The van der Waals surface area contributed by atoms with Gasteiger partial charge in [0, 0.05) is 50.7 Å². The number of benzene rings is 2. The lowest BCUT2D eigenvalue weighted by Crippen LogP contribution is -2.51. The summed E-state index contributed by atoms with van der Waals surface area (Å²) in [6.07, 6.45) is 11.6. The number of thiol groups is 1. The molecule has 1 atom stereocenters. The number of nitrogens with zero attached hydrogens (tertiary/aromatic N) is 3. The molecule has 6 heteroatoms. The van der Waals surface area contributed by atoms with Gasteiger partial charge in [0.25, 0.3) is 0 Å². The SMILES string of the molecule is CC(c1ccc(N(S)c2cccc(OCCCCCC=O)c2)cc1)N1CCN(C2CCCCC2)CC1. The smallest absolute Gasteiger partial charge is 0.121 e. The van der Waals surface area contributed by atoms with Crippen LogP contribution in [0, 0.1) is 0 Å². The van der Waals surface area contributed by atoms with E-state index < -0.39 is 0 Å². The standard InChI is InChI=1S/C30H43N3O2S/c1-25(31-18-20-32(21-19-31)27-10-5-4-6-11-27)26-14-16-28(17-15-26)33(36)29-12-9-13-30(24-29)35-23-8-3-2-7-22-34/h9,12-17,22,24-25,27,36H,2-8,10-11,18-21,23H2,1H3. The third-order valence-electron chi connectivity index (χ3n) is 7.90. The third-order valence-corrected chi connectivity index (χ3v) is 8.37. The van der Waals surface area contributed by atoms with E-state index in [0.717, 1.165) is 61.8 Å². The summed E-state index contributed by atoms with van der Waals surface area (Å²) in [6, 6.07) is 18.1. The predicted octanol–water partition coefficient (Wildman–Crippen LogP) is 6.82. The van der Waals surface area contributed by atoms with E-state index >= 15 is 0 Å². The zero-order valence-electron chi connectivity index (χ0n) is 21.9. The summed E-state index contributed by atoms with van der Waals surface area (Å²) in [5, 5.41) is 0. The van der Waals surface area contributed by atoms with E-state index in [-0.39, 0.29) is 0 Å². The topological polar surface area (TPSA) is 36.0 Å². The highest BCUT2D eigenvalue weighted by molar-refractivity contribution is 7.82. The van der Waals surface area contributed by atoms with Gasteiger partial charge in [0.15, 0.2) is 0 Å². The molecule has 0 aromatic heterocycles. The van der Waals surface area contributed by atoms with E-state index in [1.165, 1.54) is 50.8 Å². The van der Waals surface area contributed by atoms with Gasteiger partial charge in [-0.05, 0) is 68.9 Å². The minimum atomic E-state index is 0.421. The normalized spacial score (nSPS) is 18.6. The van der Waals surface area contributed by atoms with Crippen LogP contribution in [-0.2, 0) is 4.79 Å². The summed E-state index contributed by atoms with van der Waals surface area (Å²) in [5.41, 5.74) is 3.39. The van der Waals surface area contributed by atoms with Crippen LogP contribution in [0.4, 0.5) is 11.4 Å². The van der Waals surface area contributed by atoms with Gasteiger partial charge in [-0.1, -0.05) is 50.3 Å². The molecule has 1 aliphatic carbocycles. The zero-order chi connectivity index (χ0) is 25.2. The predicted molar refractivity (Wildman–Crippen MR) is 152 cm³/mol. The molecule has 5 nitrogen and oxygen atoms in total. The maximum Gasteiger partial charge on any atom is 0.121 e. The van der Waals surface area contributed by atoms with Gasteiger partial charge in [-0.3, -0.25) is 14.1 Å². The van der Waals surface area contributed by atoms with E-state index in [9.17, 15) is 4.79 Å². The zero-order valence-corrected chi connectivity index (χ0v) is 22.8. The van der Waals surface area contributed by atoms with E-state index in [4.69, 9.17) is 17.6 Å². The van der Waals surface area contributed by atoms with Crippen LogP contribution in [0.5, 0.6) is 5.75 Å². The van der Waals surface area contributed by atoms with Crippen molar-refractivity contribution in [2.24, 2.45) is 0 Å². The third kappa shape index (κ3) is 7.50. The summed E-state index contributed by atoms with van der Waals surface area (Å²) < 4.78 is 7.83. The van der Waals surface area contributed by atoms with Gasteiger partial charge in [-0.15, -0.1) is 0 Å². The molecular weight excluding hydrogens is 466 g/mol. The Morgan fingerprint density at radius 2 is 1.72 bits per heavy atom. The summed E-state index contributed by atoms with van der Waals surface area (Å²) in [5.74, 6) is 0.847. The van der Waals surface area contributed by atoms with E-state index in [2.05, 4.69) is 41.0 Å². The Labute approximate surface area is 223 Å². The molecule has 196 valence electrons. The number of piperazine rings is 1. The maximum atomic E-state index is 10.4. The van der Waals surface area contributed by atoms with Gasteiger partial charge in [-0.2, -0.15) is 0 Å². The summed E-state index contributed by atoms with van der Waals surface area (Å²) in [6.45, 7) is 7.72. The Kier molecular flexibility index (Phi) is 10.6. The second kappa shape index (κ2) is 14.1. The van der Waals surface area contributed by atoms with Gasteiger partial charge in [0.2, 0.25) is 0 Å². The van der Waals surface area contributed by atoms with Gasteiger partial charge >= 0.3 is 0 Å². The van der Waals surface area contributed by atoms with Gasteiger partial charge in [0.1, 0.15) is 12.0 Å². The molecule has 1 saturated heterocycles. The molecule has 0 amide bonds. The van der Waals surface area contributed by atoms with Crippen LogP contribution in [0.1, 0.15) is 76.3 Å². The number of carbonyl (C=O) groups excluding carboxylic acids is 1. The van der Waals surface area contributed by atoms with Gasteiger partial charge in [-0.25, -0.2) is 0 Å². The van der Waals surface area contributed by atoms with Crippen LogP contribution < -0.4 is 9.04 Å². The number of anilines is 2. The molecule has 0 N–H and O–H groups in total. The number of hydrogen-bond acceptors (Lipinski definition) is 6. The highest BCUT2D eigenvalue weighted by atomic mass is 32.1. The molecule has 0 bridgehead atoms. The average molecular weight is 510 g/mol. The van der Waals surface area contributed by atoms with E-state index in [1.807, 2.05) is 28.6 Å². The van der Waals surface area contributed by atoms with Crippen molar-refractivity contribution in [1.29, 1.82) is 0 Å². The molecule has 2 aromatic rings. The minimum absolute atomic E-state index is 0.421. The molecule has 0 spiro atoms. The molecule has 1 unspecified atom stereocenters. The fraction of sp³-hybridized carbons (Fsp3) is 0.567. The van der Waals surface area contributed by atoms with Crippen molar-refractivity contribution in [2.45, 2.75) is 76.8 Å². The lowest BCUT2D eigenvalue weighted by molar-refractivity contribution is -0.107. The van der Waals surface area contributed by atoms with Gasteiger partial charge < -0.3 is 9.53 Å². The molecule has 2 aliphatic rings. The number of rotatable bonds is 12. The largest absolute Gasteiger partial charge is 0.494 e. The number of aldehydes is 1. The van der Waals surface area contributed by atoms with Crippen LogP contribution in [0.3, 0.4) is 0 Å². The van der Waals surface area contributed by atoms with E-state index in [1.54, 1.807) is 0 Å². The monoisotopic (exact) mass is 509 g/mol. The minimum Gasteiger partial charge on any atom is -0.494 e. The fourth-order valence-corrected chi connectivity index (χ4v) is 5.85. The highest BCUT2D eigenvalue weighted by Gasteiger charge is 2.27. The lowest BCUT2D eigenvalue weighted by Gasteiger charge is -2.42. The number of hydrogen-bond donors (Lipinski definition) is 1. The molecular formula is C30H43N3O2S.